The summed E-state index contributed by atoms with van der Waals surface area (Å²) in [6.45, 7) is 1.02. The molecule has 1 fully saturated rings. The standard InChI is InChI=1S/C16H15N3O.ClH/c1-2-7-12-11(5-1)6-3-8-13(12)15-18-16(20-19-15)14-9-4-10-17-14;/h1-3,5-8,14,17H,4,9-10H2;1H/t14-;/m0./s1. The Morgan fingerprint density at radius 2 is 1.95 bits per heavy atom. The molecule has 108 valence electrons. The van der Waals surface area contributed by atoms with Gasteiger partial charge in [0.2, 0.25) is 11.7 Å². The maximum absolute atomic E-state index is 5.43. The van der Waals surface area contributed by atoms with Crippen molar-refractivity contribution < 1.29 is 4.52 Å². The Morgan fingerprint density at radius 3 is 2.81 bits per heavy atom. The predicted molar refractivity (Wildman–Crippen MR) is 84.5 cm³/mol. The molecule has 0 saturated carbocycles. The highest BCUT2D eigenvalue weighted by Gasteiger charge is 2.23. The number of benzene rings is 2. The van der Waals surface area contributed by atoms with Gasteiger partial charge in [-0.2, -0.15) is 4.98 Å². The molecule has 1 aliphatic heterocycles. The van der Waals surface area contributed by atoms with Crippen LogP contribution in [0.4, 0.5) is 0 Å². The van der Waals surface area contributed by atoms with Crippen molar-refractivity contribution in [2.24, 2.45) is 0 Å². The van der Waals surface area contributed by atoms with Crippen molar-refractivity contribution in [1.82, 2.24) is 15.5 Å². The topological polar surface area (TPSA) is 51.0 Å². The van der Waals surface area contributed by atoms with Gasteiger partial charge < -0.3 is 9.84 Å². The van der Waals surface area contributed by atoms with Crippen molar-refractivity contribution in [2.45, 2.75) is 18.9 Å². The predicted octanol–water partition coefficient (Wildman–Crippen LogP) is 3.74. The molecular weight excluding hydrogens is 286 g/mol. The zero-order chi connectivity index (χ0) is 13.4. The number of nitrogens with zero attached hydrogens (tertiary/aromatic N) is 2. The molecule has 2 heterocycles. The summed E-state index contributed by atoms with van der Waals surface area (Å²) in [4.78, 5) is 4.57. The van der Waals surface area contributed by atoms with E-state index in [0.29, 0.717) is 11.7 Å². The van der Waals surface area contributed by atoms with E-state index >= 15 is 0 Å². The summed E-state index contributed by atoms with van der Waals surface area (Å²) in [5.74, 6) is 1.37. The van der Waals surface area contributed by atoms with E-state index in [4.69, 9.17) is 4.52 Å². The van der Waals surface area contributed by atoms with Gasteiger partial charge in [0.25, 0.3) is 0 Å². The summed E-state index contributed by atoms with van der Waals surface area (Å²) in [6.07, 6.45) is 2.23. The second kappa shape index (κ2) is 5.84. The largest absolute Gasteiger partial charge is 0.337 e. The Bertz CT molecular complexity index is 745. The monoisotopic (exact) mass is 301 g/mol. The molecule has 2 aromatic carbocycles. The van der Waals surface area contributed by atoms with E-state index < -0.39 is 0 Å². The molecule has 1 aliphatic rings. The van der Waals surface area contributed by atoms with Gasteiger partial charge in [-0.05, 0) is 30.2 Å². The van der Waals surface area contributed by atoms with E-state index in [0.717, 1.165) is 30.3 Å². The molecule has 4 nitrogen and oxygen atoms in total. The van der Waals surface area contributed by atoms with Gasteiger partial charge in [-0.3, -0.25) is 0 Å². The molecule has 4 rings (SSSR count). The molecule has 1 atom stereocenters. The normalized spacial score (nSPS) is 17.8. The molecule has 1 aromatic heterocycles. The third-order valence-electron chi connectivity index (χ3n) is 3.83. The fourth-order valence-electron chi connectivity index (χ4n) is 2.80. The van der Waals surface area contributed by atoms with Gasteiger partial charge in [0.05, 0.1) is 6.04 Å². The van der Waals surface area contributed by atoms with Gasteiger partial charge in [-0.1, -0.05) is 47.6 Å². The van der Waals surface area contributed by atoms with E-state index in [9.17, 15) is 0 Å². The van der Waals surface area contributed by atoms with Crippen LogP contribution in [0.25, 0.3) is 22.2 Å². The molecule has 0 bridgehead atoms. The Labute approximate surface area is 129 Å². The van der Waals surface area contributed by atoms with E-state index in [-0.39, 0.29) is 18.4 Å². The molecule has 1 N–H and O–H groups in total. The lowest BCUT2D eigenvalue weighted by Gasteiger charge is -2.02. The molecule has 0 spiro atoms. The van der Waals surface area contributed by atoms with Crippen LogP contribution >= 0.6 is 12.4 Å². The van der Waals surface area contributed by atoms with Gasteiger partial charge in [-0.25, -0.2) is 0 Å². The van der Waals surface area contributed by atoms with Gasteiger partial charge in [-0.15, -0.1) is 12.4 Å². The lowest BCUT2D eigenvalue weighted by molar-refractivity contribution is 0.345. The molecule has 21 heavy (non-hydrogen) atoms. The van der Waals surface area contributed by atoms with Crippen LogP contribution in [0.3, 0.4) is 0 Å². The summed E-state index contributed by atoms with van der Waals surface area (Å²) in [5, 5.41) is 9.88. The first-order valence-corrected chi connectivity index (χ1v) is 6.97. The summed E-state index contributed by atoms with van der Waals surface area (Å²) < 4.78 is 5.43. The van der Waals surface area contributed by atoms with Gasteiger partial charge in [0, 0.05) is 5.56 Å². The zero-order valence-corrected chi connectivity index (χ0v) is 12.3. The number of aromatic nitrogens is 2. The first-order valence-electron chi connectivity index (χ1n) is 6.97. The number of hydrogen-bond acceptors (Lipinski definition) is 4. The highest BCUT2D eigenvalue weighted by atomic mass is 35.5. The van der Waals surface area contributed by atoms with Crippen LogP contribution in [-0.2, 0) is 0 Å². The number of halogens is 1. The van der Waals surface area contributed by atoms with Crippen molar-refractivity contribution in [2.75, 3.05) is 6.54 Å². The SMILES string of the molecule is Cl.c1ccc2c(-c3noc([C@@H]4CCCN4)n3)cccc2c1. The minimum absolute atomic E-state index is 0. The van der Waals surface area contributed by atoms with Crippen LogP contribution in [0.2, 0.25) is 0 Å². The number of nitrogens with one attached hydrogen (secondary N) is 1. The minimum atomic E-state index is 0. The van der Waals surface area contributed by atoms with Crippen LogP contribution in [0.15, 0.2) is 47.0 Å². The molecule has 1 saturated heterocycles. The van der Waals surface area contributed by atoms with Crippen molar-refractivity contribution in [3.63, 3.8) is 0 Å². The molecule has 3 aromatic rings. The summed E-state index contributed by atoms with van der Waals surface area (Å²) in [6, 6.07) is 14.6. The minimum Gasteiger partial charge on any atom is -0.337 e. The van der Waals surface area contributed by atoms with Crippen molar-refractivity contribution >= 4 is 23.2 Å². The van der Waals surface area contributed by atoms with Crippen molar-refractivity contribution in [1.29, 1.82) is 0 Å². The van der Waals surface area contributed by atoms with Crippen molar-refractivity contribution in [3.8, 4) is 11.4 Å². The Hall–Kier alpha value is -1.91. The quantitative estimate of drug-likeness (QED) is 0.783. The maximum Gasteiger partial charge on any atom is 0.244 e. The van der Waals surface area contributed by atoms with Crippen LogP contribution in [-0.4, -0.2) is 16.7 Å². The third kappa shape index (κ3) is 2.52. The second-order valence-corrected chi connectivity index (χ2v) is 5.13. The summed E-state index contributed by atoms with van der Waals surface area (Å²) in [7, 11) is 0. The van der Waals surface area contributed by atoms with Crippen LogP contribution < -0.4 is 5.32 Å². The first-order chi connectivity index (χ1) is 9.92. The zero-order valence-electron chi connectivity index (χ0n) is 11.5. The molecule has 0 radical (unpaired) electrons. The van der Waals surface area contributed by atoms with Gasteiger partial charge >= 0.3 is 0 Å². The average molecular weight is 302 g/mol. The van der Waals surface area contributed by atoms with E-state index in [1.807, 2.05) is 24.3 Å². The number of hydrogen-bond donors (Lipinski definition) is 1. The van der Waals surface area contributed by atoms with Crippen LogP contribution in [0.1, 0.15) is 24.8 Å². The van der Waals surface area contributed by atoms with Gasteiger partial charge in [0.1, 0.15) is 0 Å². The number of fused-ring (bicyclic) bond motifs is 1. The average Bonchev–Trinajstić information content (AvgIpc) is 3.17. The maximum atomic E-state index is 5.43. The second-order valence-electron chi connectivity index (χ2n) is 5.13. The first kappa shape index (κ1) is 14.0. The lowest BCUT2D eigenvalue weighted by Crippen LogP contribution is -2.12. The van der Waals surface area contributed by atoms with E-state index in [2.05, 4.69) is 33.7 Å². The van der Waals surface area contributed by atoms with Crippen LogP contribution in [0.5, 0.6) is 0 Å². The smallest absolute Gasteiger partial charge is 0.244 e. The summed E-state index contributed by atoms with van der Waals surface area (Å²) >= 11 is 0. The van der Waals surface area contributed by atoms with Crippen LogP contribution in [0, 0.1) is 0 Å². The van der Waals surface area contributed by atoms with E-state index in [1.165, 1.54) is 5.39 Å². The molecule has 5 heteroatoms. The fraction of sp³-hybridized carbons (Fsp3) is 0.250. The summed E-state index contributed by atoms with van der Waals surface area (Å²) in [5.41, 5.74) is 1.02. The Kier molecular flexibility index (Phi) is 3.90. The Morgan fingerprint density at radius 1 is 1.10 bits per heavy atom. The Balaban J connectivity index is 0.00000132. The fourth-order valence-corrected chi connectivity index (χ4v) is 2.80. The molecular formula is C16H16ClN3O. The lowest BCUT2D eigenvalue weighted by atomic mass is 10.0. The number of rotatable bonds is 2. The molecule has 0 unspecified atom stereocenters. The highest BCUT2D eigenvalue weighted by molar-refractivity contribution is 5.94. The van der Waals surface area contributed by atoms with E-state index in [1.54, 1.807) is 0 Å². The highest BCUT2D eigenvalue weighted by Crippen LogP contribution is 2.28. The third-order valence-corrected chi connectivity index (χ3v) is 3.83. The van der Waals surface area contributed by atoms with Crippen molar-refractivity contribution in [3.05, 3.63) is 48.4 Å². The molecule has 0 aliphatic carbocycles. The molecule has 0 amide bonds. The van der Waals surface area contributed by atoms with Gasteiger partial charge in [0.15, 0.2) is 0 Å².